The molecular weight excluding hydrogens is 698 g/mol. The van der Waals surface area contributed by atoms with E-state index in [1.165, 1.54) is 6.92 Å². The van der Waals surface area contributed by atoms with Crippen molar-refractivity contribution in [2.24, 2.45) is 39.8 Å². The van der Waals surface area contributed by atoms with Gasteiger partial charge in [0.15, 0.2) is 5.96 Å². The Bertz CT molecular complexity index is 1350. The van der Waals surface area contributed by atoms with Gasteiger partial charge in [-0.2, -0.15) is 0 Å². The highest BCUT2D eigenvalue weighted by molar-refractivity contribution is 5.97. The predicted molar refractivity (Wildman–Crippen MR) is 191 cm³/mol. The molecule has 0 radical (unpaired) electrons. The van der Waals surface area contributed by atoms with Gasteiger partial charge in [0.1, 0.15) is 30.2 Å². The van der Waals surface area contributed by atoms with Crippen molar-refractivity contribution in [3.05, 3.63) is 0 Å². The molecule has 1 rings (SSSR count). The molecule has 21 heteroatoms. The van der Waals surface area contributed by atoms with E-state index in [0.29, 0.717) is 6.42 Å². The molecule has 15 N–H and O–H groups in total. The monoisotopic (exact) mass is 755 g/mol. The summed E-state index contributed by atoms with van der Waals surface area (Å²) in [7, 11) is 0. The fourth-order valence-electron chi connectivity index (χ4n) is 5.39. The number of carbonyl (C=O) groups excluding carboxylic acids is 7. The molecule has 0 unspecified atom stereocenters. The topological polar surface area (TPSA) is 357 Å². The zero-order chi connectivity index (χ0) is 40.6. The van der Waals surface area contributed by atoms with Crippen molar-refractivity contribution in [2.45, 2.75) is 115 Å². The fourth-order valence-corrected chi connectivity index (χ4v) is 5.39. The second-order valence-electron chi connectivity index (χ2n) is 13.7. The summed E-state index contributed by atoms with van der Waals surface area (Å²) in [5.41, 5.74) is 21.8. The number of carboxylic acid groups (broad SMARTS) is 1. The molecule has 53 heavy (non-hydrogen) atoms. The third-order valence-electron chi connectivity index (χ3n) is 8.28. The molecule has 300 valence electrons. The van der Waals surface area contributed by atoms with Gasteiger partial charge in [-0.15, -0.1) is 0 Å². The van der Waals surface area contributed by atoms with Crippen LogP contribution in [0.5, 0.6) is 0 Å². The average molecular weight is 756 g/mol. The summed E-state index contributed by atoms with van der Waals surface area (Å²) in [6.07, 6.45) is -1.16. The normalized spacial score (nSPS) is 17.4. The van der Waals surface area contributed by atoms with Gasteiger partial charge < -0.3 is 64.6 Å². The lowest BCUT2D eigenvalue weighted by molar-refractivity contribution is -0.145. The van der Waals surface area contributed by atoms with Gasteiger partial charge in [0.2, 0.25) is 41.4 Å². The van der Waals surface area contributed by atoms with E-state index in [9.17, 15) is 48.6 Å². The lowest BCUT2D eigenvalue weighted by Gasteiger charge is -2.29. The number of guanidine groups is 1. The number of primary amides is 1. The van der Waals surface area contributed by atoms with Crippen LogP contribution < -0.4 is 49.5 Å². The van der Waals surface area contributed by atoms with Crippen LogP contribution in [0.25, 0.3) is 0 Å². The molecular formula is C32H57N11O10. The lowest BCUT2D eigenvalue weighted by Crippen LogP contribution is -2.60. The number of nitrogens with one attached hydrogen (secondary N) is 5. The van der Waals surface area contributed by atoms with Crippen LogP contribution in [0, 0.1) is 11.8 Å². The first-order valence-corrected chi connectivity index (χ1v) is 17.4. The van der Waals surface area contributed by atoms with E-state index < -0.39 is 103 Å². The number of nitrogens with two attached hydrogens (primary N) is 4. The van der Waals surface area contributed by atoms with Gasteiger partial charge in [-0.05, 0) is 50.9 Å². The highest BCUT2D eigenvalue weighted by Gasteiger charge is 2.39. The summed E-state index contributed by atoms with van der Waals surface area (Å²) >= 11 is 0. The molecule has 1 fully saturated rings. The van der Waals surface area contributed by atoms with Gasteiger partial charge in [-0.3, -0.25) is 38.6 Å². The van der Waals surface area contributed by atoms with E-state index in [-0.39, 0.29) is 56.6 Å². The minimum absolute atomic E-state index is 0.00765. The van der Waals surface area contributed by atoms with Gasteiger partial charge in [0.25, 0.3) is 0 Å². The SMILES string of the molecule is CC(C)C[C@H](NC(=O)[C@@H](N)C(C)C)C(=O)N[C@H](C(=O)NCC(=O)N[C@@H](CC(N)=O)C(=O)N1CCC[C@H]1C(=O)N[C@@H](CCCN=C(N)N)C(=O)O)[C@@H](C)O. The number of carbonyl (C=O) groups is 8. The van der Waals surface area contributed by atoms with Gasteiger partial charge in [0.05, 0.1) is 25.1 Å². The van der Waals surface area contributed by atoms with Gasteiger partial charge in [-0.25, -0.2) is 4.79 Å². The van der Waals surface area contributed by atoms with E-state index in [4.69, 9.17) is 22.9 Å². The highest BCUT2D eigenvalue weighted by Crippen LogP contribution is 2.20. The van der Waals surface area contributed by atoms with Crippen molar-refractivity contribution in [1.29, 1.82) is 0 Å². The molecule has 0 aromatic rings. The molecule has 0 spiro atoms. The van der Waals surface area contributed by atoms with Crippen LogP contribution in [0.1, 0.15) is 73.1 Å². The number of aliphatic hydroxyl groups is 1. The second-order valence-corrected chi connectivity index (χ2v) is 13.7. The van der Waals surface area contributed by atoms with Crippen molar-refractivity contribution in [3.8, 4) is 0 Å². The van der Waals surface area contributed by atoms with E-state index in [1.807, 2.05) is 13.8 Å². The molecule has 1 aliphatic rings. The van der Waals surface area contributed by atoms with Crippen molar-refractivity contribution >= 4 is 53.3 Å². The van der Waals surface area contributed by atoms with E-state index in [1.54, 1.807) is 13.8 Å². The molecule has 0 saturated carbocycles. The molecule has 0 aliphatic carbocycles. The van der Waals surface area contributed by atoms with Crippen LogP contribution in [-0.2, 0) is 38.4 Å². The van der Waals surface area contributed by atoms with Crippen molar-refractivity contribution in [2.75, 3.05) is 19.6 Å². The van der Waals surface area contributed by atoms with Crippen LogP contribution in [0.2, 0.25) is 0 Å². The van der Waals surface area contributed by atoms with Crippen LogP contribution in [0.3, 0.4) is 0 Å². The number of aliphatic hydroxyl groups excluding tert-OH is 1. The summed E-state index contributed by atoms with van der Waals surface area (Å²) in [6.45, 7) is 7.75. The maximum Gasteiger partial charge on any atom is 0.326 e. The lowest BCUT2D eigenvalue weighted by atomic mass is 10.00. The molecule has 0 aromatic carbocycles. The molecule has 0 aromatic heterocycles. The Morgan fingerprint density at radius 2 is 1.49 bits per heavy atom. The molecule has 0 bridgehead atoms. The first-order chi connectivity index (χ1) is 24.7. The van der Waals surface area contributed by atoms with Crippen molar-refractivity contribution in [3.63, 3.8) is 0 Å². The number of likely N-dealkylation sites (tertiary alicyclic amines) is 1. The zero-order valence-corrected chi connectivity index (χ0v) is 30.9. The summed E-state index contributed by atoms with van der Waals surface area (Å²) in [5.74, 6) is -7.59. The van der Waals surface area contributed by atoms with E-state index in [2.05, 4.69) is 31.6 Å². The molecule has 7 amide bonds. The van der Waals surface area contributed by atoms with Crippen LogP contribution >= 0.6 is 0 Å². The highest BCUT2D eigenvalue weighted by atomic mass is 16.4. The number of carboxylic acids is 1. The van der Waals surface area contributed by atoms with Crippen molar-refractivity contribution in [1.82, 2.24) is 31.5 Å². The third kappa shape index (κ3) is 16.0. The second kappa shape index (κ2) is 22.1. The number of aliphatic carboxylic acids is 1. The summed E-state index contributed by atoms with van der Waals surface area (Å²) in [6, 6.07) is -7.52. The number of nitrogens with zero attached hydrogens (tertiary/aromatic N) is 2. The Balaban J connectivity index is 2.98. The van der Waals surface area contributed by atoms with Gasteiger partial charge >= 0.3 is 5.97 Å². The molecule has 7 atom stereocenters. The average Bonchev–Trinajstić information content (AvgIpc) is 3.55. The first-order valence-electron chi connectivity index (χ1n) is 17.4. The van der Waals surface area contributed by atoms with E-state index >= 15 is 0 Å². The zero-order valence-electron chi connectivity index (χ0n) is 30.9. The minimum Gasteiger partial charge on any atom is -0.480 e. The summed E-state index contributed by atoms with van der Waals surface area (Å²) in [4.78, 5) is 107. The van der Waals surface area contributed by atoms with Gasteiger partial charge in [-0.1, -0.05) is 27.7 Å². The maximum absolute atomic E-state index is 13.5. The number of amides is 7. The molecule has 21 nitrogen and oxygen atoms in total. The Labute approximate surface area is 308 Å². The molecule has 1 aliphatic heterocycles. The first kappa shape index (κ1) is 46.0. The van der Waals surface area contributed by atoms with Crippen LogP contribution in [0.4, 0.5) is 0 Å². The Morgan fingerprint density at radius 1 is 0.849 bits per heavy atom. The molecule has 1 saturated heterocycles. The Kier molecular flexibility index (Phi) is 19.2. The fraction of sp³-hybridized carbons (Fsp3) is 0.719. The predicted octanol–water partition coefficient (Wildman–Crippen LogP) is -4.54. The summed E-state index contributed by atoms with van der Waals surface area (Å²) < 4.78 is 0. The third-order valence-corrected chi connectivity index (χ3v) is 8.28. The largest absolute Gasteiger partial charge is 0.480 e. The molecule has 1 heterocycles. The van der Waals surface area contributed by atoms with Crippen LogP contribution in [0.15, 0.2) is 4.99 Å². The number of hydrogen-bond acceptors (Lipinski definition) is 11. The maximum atomic E-state index is 13.5. The smallest absolute Gasteiger partial charge is 0.326 e. The number of aliphatic imine (C=N–C) groups is 1. The van der Waals surface area contributed by atoms with E-state index in [0.717, 1.165) is 4.90 Å². The van der Waals surface area contributed by atoms with Gasteiger partial charge in [0, 0.05) is 13.1 Å². The minimum atomic E-state index is -1.56. The van der Waals surface area contributed by atoms with Crippen molar-refractivity contribution < 1.29 is 48.6 Å². The van der Waals surface area contributed by atoms with Crippen LogP contribution in [-0.4, -0.2) is 130 Å². The quantitative estimate of drug-likeness (QED) is 0.0282. The Hall–Kier alpha value is -5.05. The summed E-state index contributed by atoms with van der Waals surface area (Å²) in [5, 5.41) is 31.9. The number of rotatable bonds is 22. The number of hydrogen-bond donors (Lipinski definition) is 11. The Morgan fingerprint density at radius 3 is 2.02 bits per heavy atom. The standard InChI is InChI=1S/C32H57N11O10/c1-15(2)12-19(41-28(49)24(34)16(3)4)26(47)42-25(17(5)44)29(50)38-14-23(46)39-20(13-22(33)45)30(51)43-11-7-9-21(43)27(48)40-18(31(52)53)8-6-10-37-32(35)36/h15-21,24-25,44H,6-14,34H2,1-5H3,(H2,33,45)(H,38,50)(H,39,46)(H,40,48)(H,41,49)(H,42,47)(H,52,53)(H4,35,36,37)/t17-,18+,19+,20+,21+,24+,25+/m1/s1.